The van der Waals surface area contributed by atoms with Crippen LogP contribution in [0.4, 0.5) is 0 Å². The topological polar surface area (TPSA) is 46.2 Å². The van der Waals surface area contributed by atoms with Crippen LogP contribution in [0.15, 0.2) is 0 Å². The van der Waals surface area contributed by atoms with Crippen molar-refractivity contribution in [3.8, 4) is 12.0 Å². The lowest BCUT2D eigenvalue weighted by Gasteiger charge is -1.91. The molecule has 7 heavy (non-hydrogen) atoms. The highest BCUT2D eigenvalue weighted by molar-refractivity contribution is 4.91. The Morgan fingerprint density at radius 1 is 1.86 bits per heavy atom. The molecule has 0 rings (SSSR count). The Bertz CT molecular complexity index is 88.0. The first kappa shape index (κ1) is 6.32. The van der Waals surface area contributed by atoms with Gasteiger partial charge in [-0.2, -0.15) is 0 Å². The van der Waals surface area contributed by atoms with Gasteiger partial charge in [0, 0.05) is 12.5 Å². The zero-order valence-electron chi connectivity index (χ0n) is 4.31. The summed E-state index contributed by atoms with van der Waals surface area (Å²) in [6.45, 7) is 1.84. The third-order valence-electron chi connectivity index (χ3n) is 0.503. The monoisotopic (exact) mass is 99.1 g/mol. The molecule has 0 saturated heterocycles. The van der Waals surface area contributed by atoms with Crippen LogP contribution >= 0.6 is 0 Å². The molecule has 0 radical (unpaired) electrons. The van der Waals surface area contributed by atoms with Crippen LogP contribution in [-0.4, -0.2) is 11.1 Å². The summed E-state index contributed by atoms with van der Waals surface area (Å²) in [5.74, 6) is 2.43. The van der Waals surface area contributed by atoms with Crippen LogP contribution in [0.1, 0.15) is 13.3 Å². The molecule has 2 heteroatoms. The number of nitrogens with two attached hydrogens (primary N) is 1. The molecule has 0 bridgehead atoms. The lowest BCUT2D eigenvalue weighted by Crippen LogP contribution is -2.12. The van der Waals surface area contributed by atoms with Crippen molar-refractivity contribution in [1.29, 1.82) is 0 Å². The second kappa shape index (κ2) is 3.51. The molecule has 0 saturated carbocycles. The molecule has 2 nitrogen and oxygen atoms in total. The lowest BCUT2D eigenvalue weighted by molar-refractivity contribution is 0.515. The summed E-state index contributed by atoms with van der Waals surface area (Å²) in [6.07, 6.45) is 2.34. The SMILES string of the molecule is C[C@@H](N)CC#CO. The van der Waals surface area contributed by atoms with Gasteiger partial charge >= 0.3 is 0 Å². The number of aliphatic hydroxyl groups is 1. The van der Waals surface area contributed by atoms with Crippen LogP contribution in [0.2, 0.25) is 0 Å². The van der Waals surface area contributed by atoms with Gasteiger partial charge in [0.1, 0.15) is 6.11 Å². The number of hydrogen-bond donors (Lipinski definition) is 2. The number of rotatable bonds is 1. The van der Waals surface area contributed by atoms with E-state index in [1.54, 1.807) is 6.11 Å². The maximum Gasteiger partial charge on any atom is 0.107 e. The van der Waals surface area contributed by atoms with Crippen molar-refractivity contribution in [3.63, 3.8) is 0 Å². The maximum absolute atomic E-state index is 7.90. The highest BCUT2D eigenvalue weighted by Gasteiger charge is 1.84. The third-order valence-corrected chi connectivity index (χ3v) is 0.503. The van der Waals surface area contributed by atoms with Crippen LogP contribution in [0.25, 0.3) is 0 Å². The summed E-state index contributed by atoms with van der Waals surface area (Å²) < 4.78 is 0. The van der Waals surface area contributed by atoms with Gasteiger partial charge in [-0.3, -0.25) is 0 Å². The zero-order chi connectivity index (χ0) is 5.70. The van der Waals surface area contributed by atoms with Crippen molar-refractivity contribution in [1.82, 2.24) is 0 Å². The fourth-order valence-electron chi connectivity index (χ4n) is 0.207. The van der Waals surface area contributed by atoms with Crippen molar-refractivity contribution < 1.29 is 5.11 Å². The maximum atomic E-state index is 7.90. The van der Waals surface area contributed by atoms with Gasteiger partial charge in [-0.05, 0) is 6.92 Å². The van der Waals surface area contributed by atoms with E-state index in [0.29, 0.717) is 6.42 Å². The molecular weight excluding hydrogens is 90.1 g/mol. The van der Waals surface area contributed by atoms with Crippen LogP contribution in [-0.2, 0) is 0 Å². The fourth-order valence-corrected chi connectivity index (χ4v) is 0.207. The standard InChI is InChI=1S/C5H9NO/c1-5(6)3-2-4-7/h5,7H,3,6H2,1H3/t5-/m1/s1. The van der Waals surface area contributed by atoms with Gasteiger partial charge in [-0.25, -0.2) is 0 Å². The first-order valence-corrected chi connectivity index (χ1v) is 2.15. The fraction of sp³-hybridized carbons (Fsp3) is 0.600. The molecule has 0 aromatic rings. The Morgan fingerprint density at radius 2 is 2.43 bits per heavy atom. The van der Waals surface area contributed by atoms with E-state index in [2.05, 4.69) is 5.92 Å². The van der Waals surface area contributed by atoms with E-state index in [0.717, 1.165) is 0 Å². The second-order valence-corrected chi connectivity index (χ2v) is 1.47. The summed E-state index contributed by atoms with van der Waals surface area (Å²) in [5.41, 5.74) is 5.26. The molecule has 0 unspecified atom stereocenters. The molecular formula is C5H9NO. The Balaban J connectivity index is 3.08. The Kier molecular flexibility index (Phi) is 3.17. The van der Waals surface area contributed by atoms with Crippen molar-refractivity contribution in [2.24, 2.45) is 5.73 Å². The molecule has 0 aliphatic heterocycles. The van der Waals surface area contributed by atoms with Gasteiger partial charge < -0.3 is 10.8 Å². The lowest BCUT2D eigenvalue weighted by atomic mass is 10.3. The highest BCUT2D eigenvalue weighted by atomic mass is 16.2. The van der Waals surface area contributed by atoms with Crippen molar-refractivity contribution >= 4 is 0 Å². The Morgan fingerprint density at radius 3 is 2.57 bits per heavy atom. The zero-order valence-corrected chi connectivity index (χ0v) is 4.31. The van der Waals surface area contributed by atoms with E-state index in [-0.39, 0.29) is 6.04 Å². The normalized spacial score (nSPS) is 11.7. The molecule has 3 N–H and O–H groups in total. The first-order valence-electron chi connectivity index (χ1n) is 2.15. The van der Waals surface area contributed by atoms with Crippen LogP contribution in [0, 0.1) is 12.0 Å². The third kappa shape index (κ3) is 5.32. The van der Waals surface area contributed by atoms with Gasteiger partial charge in [0.05, 0.1) is 0 Å². The molecule has 0 aliphatic carbocycles. The molecule has 0 aromatic heterocycles. The molecule has 40 valence electrons. The molecule has 0 amide bonds. The minimum Gasteiger partial charge on any atom is -0.462 e. The number of aliphatic hydroxyl groups excluding tert-OH is 1. The van der Waals surface area contributed by atoms with Crippen LogP contribution < -0.4 is 5.73 Å². The van der Waals surface area contributed by atoms with Gasteiger partial charge in [-0.15, -0.1) is 0 Å². The van der Waals surface area contributed by atoms with Crippen LogP contribution in [0.5, 0.6) is 0 Å². The van der Waals surface area contributed by atoms with E-state index < -0.39 is 0 Å². The smallest absolute Gasteiger partial charge is 0.107 e. The molecule has 0 fully saturated rings. The highest BCUT2D eigenvalue weighted by Crippen LogP contribution is 1.78. The average molecular weight is 99.1 g/mol. The summed E-state index contributed by atoms with van der Waals surface area (Å²) in [4.78, 5) is 0. The molecule has 0 aromatic carbocycles. The largest absolute Gasteiger partial charge is 0.462 e. The van der Waals surface area contributed by atoms with E-state index in [1.807, 2.05) is 6.92 Å². The molecule has 1 atom stereocenters. The Labute approximate surface area is 43.3 Å². The average Bonchev–Trinajstić information content (AvgIpc) is 1.61. The van der Waals surface area contributed by atoms with Crippen molar-refractivity contribution in [2.45, 2.75) is 19.4 Å². The van der Waals surface area contributed by atoms with Crippen molar-refractivity contribution in [2.75, 3.05) is 0 Å². The second-order valence-electron chi connectivity index (χ2n) is 1.47. The van der Waals surface area contributed by atoms with E-state index in [9.17, 15) is 0 Å². The van der Waals surface area contributed by atoms with Gasteiger partial charge in [0.25, 0.3) is 0 Å². The summed E-state index contributed by atoms with van der Waals surface area (Å²) in [5, 5.41) is 7.90. The number of hydrogen-bond acceptors (Lipinski definition) is 2. The van der Waals surface area contributed by atoms with Gasteiger partial charge in [-0.1, -0.05) is 5.92 Å². The summed E-state index contributed by atoms with van der Waals surface area (Å²) >= 11 is 0. The predicted octanol–water partition coefficient (Wildman–Crippen LogP) is 0.0571. The van der Waals surface area contributed by atoms with Crippen molar-refractivity contribution in [3.05, 3.63) is 0 Å². The molecule has 0 aliphatic rings. The van der Waals surface area contributed by atoms with E-state index in [4.69, 9.17) is 10.8 Å². The van der Waals surface area contributed by atoms with Gasteiger partial charge in [0.2, 0.25) is 0 Å². The minimum absolute atomic E-state index is 0.0691. The van der Waals surface area contributed by atoms with E-state index >= 15 is 0 Å². The first-order chi connectivity index (χ1) is 3.27. The molecule has 0 spiro atoms. The van der Waals surface area contributed by atoms with E-state index in [1.165, 1.54) is 0 Å². The Hall–Kier alpha value is -0.680. The molecule has 0 heterocycles. The van der Waals surface area contributed by atoms with Crippen LogP contribution in [0.3, 0.4) is 0 Å². The summed E-state index contributed by atoms with van der Waals surface area (Å²) in [6, 6.07) is 0.0691. The van der Waals surface area contributed by atoms with Gasteiger partial charge in [0.15, 0.2) is 0 Å². The predicted molar refractivity (Wildman–Crippen MR) is 28.0 cm³/mol. The quantitative estimate of drug-likeness (QED) is 0.456. The summed E-state index contributed by atoms with van der Waals surface area (Å²) in [7, 11) is 0. The minimum atomic E-state index is 0.0691.